The highest BCUT2D eigenvalue weighted by Gasteiger charge is 2.24. The zero-order valence-electron chi connectivity index (χ0n) is 15.0. The van der Waals surface area contributed by atoms with E-state index in [9.17, 15) is 0 Å². The summed E-state index contributed by atoms with van der Waals surface area (Å²) in [5.41, 5.74) is 13.8. The molecule has 0 spiro atoms. The predicted molar refractivity (Wildman–Crippen MR) is 112 cm³/mol. The molecule has 2 aliphatic rings. The van der Waals surface area contributed by atoms with Crippen LogP contribution in [0.2, 0.25) is 0 Å². The number of hydrogen-bond donors (Lipinski definition) is 1. The highest BCUT2D eigenvalue weighted by atomic mass is 35.5. The first kappa shape index (κ1) is 20.8. The smallest absolute Gasteiger partial charge is 0.127 e. The van der Waals surface area contributed by atoms with Gasteiger partial charge < -0.3 is 15.4 Å². The molecule has 2 heterocycles. The maximum atomic E-state index is 6.13. The highest BCUT2D eigenvalue weighted by molar-refractivity contribution is 5.87. The van der Waals surface area contributed by atoms with Gasteiger partial charge in [0.1, 0.15) is 12.4 Å². The Balaban J connectivity index is 0.00000121. The molecule has 2 aliphatic heterocycles. The number of nitrogens with zero attached hydrogens (tertiary/aromatic N) is 1. The summed E-state index contributed by atoms with van der Waals surface area (Å²) in [5, 5.41) is 0. The van der Waals surface area contributed by atoms with Gasteiger partial charge in [0.05, 0.1) is 0 Å². The molecule has 0 radical (unpaired) electrons. The minimum Gasteiger partial charge on any atom is -0.488 e. The van der Waals surface area contributed by atoms with Crippen LogP contribution in [0.25, 0.3) is 5.57 Å². The van der Waals surface area contributed by atoms with Crippen LogP contribution < -0.4 is 10.5 Å². The Morgan fingerprint density at radius 3 is 2.46 bits per heavy atom. The van der Waals surface area contributed by atoms with E-state index in [1.807, 2.05) is 0 Å². The van der Waals surface area contributed by atoms with E-state index in [-0.39, 0.29) is 24.8 Å². The molecule has 0 saturated carbocycles. The van der Waals surface area contributed by atoms with Crippen LogP contribution in [0.3, 0.4) is 0 Å². The summed E-state index contributed by atoms with van der Waals surface area (Å²) < 4.78 is 6.13. The topological polar surface area (TPSA) is 38.5 Å². The van der Waals surface area contributed by atoms with Crippen molar-refractivity contribution in [2.45, 2.75) is 26.0 Å². The van der Waals surface area contributed by atoms with Crippen LogP contribution in [0.5, 0.6) is 5.75 Å². The van der Waals surface area contributed by atoms with E-state index >= 15 is 0 Å². The van der Waals surface area contributed by atoms with Crippen LogP contribution in [0.15, 0.2) is 48.0 Å². The summed E-state index contributed by atoms with van der Waals surface area (Å²) in [6.07, 6.45) is 2.24. The molecule has 0 amide bonds. The van der Waals surface area contributed by atoms with Crippen LogP contribution in [-0.4, -0.2) is 25.0 Å². The van der Waals surface area contributed by atoms with Crippen LogP contribution in [0.1, 0.15) is 35.1 Å². The lowest BCUT2D eigenvalue weighted by molar-refractivity contribution is 0.307. The van der Waals surface area contributed by atoms with Gasteiger partial charge in [-0.25, -0.2) is 0 Å². The van der Waals surface area contributed by atoms with Crippen molar-refractivity contribution in [3.63, 3.8) is 0 Å². The minimum atomic E-state index is 0. The number of halogens is 2. The number of ether oxygens (including phenoxy) is 1. The van der Waals surface area contributed by atoms with Crippen LogP contribution in [-0.2, 0) is 13.2 Å². The number of benzene rings is 2. The van der Waals surface area contributed by atoms with E-state index in [1.165, 1.54) is 22.3 Å². The molecular weight excluding hydrogens is 367 g/mol. The molecule has 5 heteroatoms. The predicted octanol–water partition coefficient (Wildman–Crippen LogP) is 4.41. The maximum Gasteiger partial charge on any atom is 0.127 e. The Kier molecular flexibility index (Phi) is 7.13. The largest absolute Gasteiger partial charge is 0.488 e. The Labute approximate surface area is 168 Å². The SMILES string of the molecule is CN1CCC(=C2c3ccccc3COc3ccc(CN)cc32)CC1.Cl.Cl. The van der Waals surface area contributed by atoms with Gasteiger partial charge in [-0.1, -0.05) is 35.9 Å². The van der Waals surface area contributed by atoms with Crippen molar-refractivity contribution in [2.75, 3.05) is 20.1 Å². The van der Waals surface area contributed by atoms with Crippen molar-refractivity contribution in [3.8, 4) is 5.75 Å². The van der Waals surface area contributed by atoms with Crippen molar-refractivity contribution in [3.05, 3.63) is 70.3 Å². The fourth-order valence-electron chi connectivity index (χ4n) is 3.74. The average molecular weight is 393 g/mol. The molecule has 2 aromatic carbocycles. The number of likely N-dealkylation sites (tertiary alicyclic amines) is 1. The normalized spacial score (nSPS) is 16.4. The molecule has 0 aromatic heterocycles. The summed E-state index contributed by atoms with van der Waals surface area (Å²) in [5.74, 6) is 0.977. The van der Waals surface area contributed by atoms with Gasteiger partial charge in [0.15, 0.2) is 0 Å². The summed E-state index contributed by atoms with van der Waals surface area (Å²) >= 11 is 0. The summed E-state index contributed by atoms with van der Waals surface area (Å²) in [4.78, 5) is 2.40. The fourth-order valence-corrected chi connectivity index (χ4v) is 3.74. The van der Waals surface area contributed by atoms with Gasteiger partial charge in [0, 0.05) is 25.2 Å². The fraction of sp³-hybridized carbons (Fsp3) is 0.333. The average Bonchev–Trinajstić information content (AvgIpc) is 2.79. The van der Waals surface area contributed by atoms with Gasteiger partial charge in [0.2, 0.25) is 0 Å². The van der Waals surface area contributed by atoms with Crippen molar-refractivity contribution in [2.24, 2.45) is 5.73 Å². The zero-order valence-corrected chi connectivity index (χ0v) is 16.7. The van der Waals surface area contributed by atoms with Crippen LogP contribution >= 0.6 is 24.8 Å². The first-order valence-corrected chi connectivity index (χ1v) is 8.71. The molecule has 0 atom stereocenters. The second-order valence-corrected chi connectivity index (χ2v) is 6.76. The molecule has 1 saturated heterocycles. The third-order valence-corrected chi connectivity index (χ3v) is 5.16. The van der Waals surface area contributed by atoms with Gasteiger partial charge in [-0.15, -0.1) is 24.8 Å². The number of piperidine rings is 1. The number of fused-ring (bicyclic) bond motifs is 2. The minimum absolute atomic E-state index is 0. The summed E-state index contributed by atoms with van der Waals surface area (Å²) in [7, 11) is 2.20. The van der Waals surface area contributed by atoms with Crippen molar-refractivity contribution in [1.29, 1.82) is 0 Å². The Hall–Kier alpha value is -1.52. The third kappa shape index (κ3) is 3.91. The molecule has 0 aliphatic carbocycles. The molecule has 2 aromatic rings. The van der Waals surface area contributed by atoms with Gasteiger partial charge in [-0.3, -0.25) is 0 Å². The first-order chi connectivity index (χ1) is 11.8. The Bertz CT molecular complexity index is 794. The quantitative estimate of drug-likeness (QED) is 0.780. The molecule has 4 rings (SSSR count). The maximum absolute atomic E-state index is 6.13. The molecular formula is C21H26Cl2N2O. The molecule has 2 N–H and O–H groups in total. The lowest BCUT2D eigenvalue weighted by Gasteiger charge is -2.27. The summed E-state index contributed by atoms with van der Waals surface area (Å²) in [6, 6.07) is 15.0. The molecule has 0 unspecified atom stereocenters. The van der Waals surface area contributed by atoms with Crippen LogP contribution in [0, 0.1) is 0 Å². The Morgan fingerprint density at radius 2 is 1.73 bits per heavy atom. The lowest BCUT2D eigenvalue weighted by atomic mass is 9.86. The number of rotatable bonds is 1. The first-order valence-electron chi connectivity index (χ1n) is 8.71. The molecule has 140 valence electrons. The zero-order chi connectivity index (χ0) is 16.5. The highest BCUT2D eigenvalue weighted by Crippen LogP contribution is 2.41. The van der Waals surface area contributed by atoms with Crippen LogP contribution in [0.4, 0.5) is 0 Å². The van der Waals surface area contributed by atoms with Crippen molar-refractivity contribution in [1.82, 2.24) is 4.90 Å². The van der Waals surface area contributed by atoms with Crippen molar-refractivity contribution >= 4 is 30.4 Å². The van der Waals surface area contributed by atoms with E-state index in [1.54, 1.807) is 5.57 Å². The Morgan fingerprint density at radius 1 is 1.00 bits per heavy atom. The van der Waals surface area contributed by atoms with Gasteiger partial charge in [-0.2, -0.15) is 0 Å². The second kappa shape index (κ2) is 8.92. The lowest BCUT2D eigenvalue weighted by Crippen LogP contribution is -2.27. The molecule has 3 nitrogen and oxygen atoms in total. The van der Waals surface area contributed by atoms with Crippen molar-refractivity contribution < 1.29 is 4.74 Å². The molecule has 26 heavy (non-hydrogen) atoms. The van der Waals surface area contributed by atoms with Gasteiger partial charge >= 0.3 is 0 Å². The van der Waals surface area contributed by atoms with E-state index < -0.39 is 0 Å². The second-order valence-electron chi connectivity index (χ2n) is 6.76. The molecule has 0 bridgehead atoms. The van der Waals surface area contributed by atoms with Gasteiger partial charge in [-0.05, 0) is 54.3 Å². The monoisotopic (exact) mass is 392 g/mol. The summed E-state index contributed by atoms with van der Waals surface area (Å²) in [6.45, 7) is 3.42. The number of hydrogen-bond acceptors (Lipinski definition) is 3. The van der Waals surface area contributed by atoms with E-state index in [4.69, 9.17) is 10.5 Å². The molecule has 1 fully saturated rings. The van der Waals surface area contributed by atoms with E-state index in [0.717, 1.165) is 37.2 Å². The van der Waals surface area contributed by atoms with Gasteiger partial charge in [0.25, 0.3) is 0 Å². The third-order valence-electron chi connectivity index (χ3n) is 5.16. The van der Waals surface area contributed by atoms with E-state index in [0.29, 0.717) is 13.2 Å². The van der Waals surface area contributed by atoms with E-state index in [2.05, 4.69) is 54.4 Å². The number of nitrogens with two attached hydrogens (primary N) is 1. The standard InChI is InChI=1S/C21H24N2O.2ClH/c1-23-10-8-16(9-11-23)21-18-5-3-2-4-17(18)14-24-20-7-6-15(13-22)12-19(20)21;;/h2-7,12H,8-11,13-14,22H2,1H3;2*1H.